The lowest BCUT2D eigenvalue weighted by Gasteiger charge is -2.33. The minimum Gasteiger partial charge on any atom is -0.348 e. The Bertz CT molecular complexity index is 421. The van der Waals surface area contributed by atoms with Gasteiger partial charge < -0.3 is 15.3 Å². The number of H-pyrrole nitrogens is 2. The molecule has 1 aliphatic rings. The Morgan fingerprint density at radius 2 is 1.58 bits per heavy atom. The smallest absolute Gasteiger partial charge is 0.120 e. The van der Waals surface area contributed by atoms with Crippen LogP contribution in [-0.4, -0.2) is 44.0 Å². The van der Waals surface area contributed by atoms with Crippen LogP contribution in [-0.2, 0) is 13.1 Å². The molecule has 3 heterocycles. The fourth-order valence-corrected chi connectivity index (χ4v) is 2.64. The van der Waals surface area contributed by atoms with Gasteiger partial charge in [0.05, 0.1) is 13.1 Å². The Balaban J connectivity index is 1.70. The molecule has 2 aromatic rings. The maximum Gasteiger partial charge on any atom is 0.120 e. The molecule has 0 amide bonds. The third-order valence-corrected chi connectivity index (χ3v) is 3.64. The van der Waals surface area contributed by atoms with Gasteiger partial charge in [-0.25, -0.2) is 9.97 Å². The van der Waals surface area contributed by atoms with Crippen LogP contribution in [0, 0.1) is 0 Å². The van der Waals surface area contributed by atoms with Gasteiger partial charge in [-0.1, -0.05) is 0 Å². The molecule has 6 heteroatoms. The number of nitrogens with zero attached hydrogens (tertiary/aromatic N) is 3. The second-order valence-corrected chi connectivity index (χ2v) is 4.96. The zero-order valence-corrected chi connectivity index (χ0v) is 11.0. The largest absolute Gasteiger partial charge is 0.348 e. The van der Waals surface area contributed by atoms with E-state index in [1.165, 1.54) is 12.8 Å². The summed E-state index contributed by atoms with van der Waals surface area (Å²) in [5.41, 5.74) is 0. The molecule has 102 valence electrons. The Labute approximate surface area is 112 Å². The molecule has 19 heavy (non-hydrogen) atoms. The minimum absolute atomic E-state index is 0.594. The zero-order valence-electron chi connectivity index (χ0n) is 11.0. The summed E-state index contributed by atoms with van der Waals surface area (Å²) < 4.78 is 0. The number of aromatic amines is 2. The Morgan fingerprint density at radius 1 is 1.00 bits per heavy atom. The summed E-state index contributed by atoms with van der Waals surface area (Å²) in [6.45, 7) is 3.88. The SMILES string of the molecule is c1c[nH]c(CN(Cc2ncc[nH]2)C2CCNCC2)n1. The normalized spacial score (nSPS) is 17.1. The zero-order chi connectivity index (χ0) is 12.9. The number of imidazole rings is 2. The molecule has 1 fully saturated rings. The summed E-state index contributed by atoms with van der Waals surface area (Å²) in [6, 6.07) is 0.594. The molecule has 3 rings (SSSR count). The Hall–Kier alpha value is -1.66. The monoisotopic (exact) mass is 260 g/mol. The first-order valence-corrected chi connectivity index (χ1v) is 6.83. The second kappa shape index (κ2) is 5.99. The van der Waals surface area contributed by atoms with Crippen LogP contribution in [0.1, 0.15) is 24.5 Å². The molecule has 3 N–H and O–H groups in total. The van der Waals surface area contributed by atoms with E-state index in [0.29, 0.717) is 6.04 Å². The van der Waals surface area contributed by atoms with Crippen LogP contribution in [0.25, 0.3) is 0 Å². The molecule has 0 bridgehead atoms. The molecule has 0 aromatic carbocycles. The van der Waals surface area contributed by atoms with Gasteiger partial charge in [0.15, 0.2) is 0 Å². The number of hydrogen-bond donors (Lipinski definition) is 3. The fraction of sp³-hybridized carbons (Fsp3) is 0.538. The van der Waals surface area contributed by atoms with Gasteiger partial charge >= 0.3 is 0 Å². The highest BCUT2D eigenvalue weighted by atomic mass is 15.2. The molecule has 0 spiro atoms. The van der Waals surface area contributed by atoms with Crippen molar-refractivity contribution >= 4 is 0 Å². The lowest BCUT2D eigenvalue weighted by molar-refractivity contribution is 0.139. The van der Waals surface area contributed by atoms with Crippen molar-refractivity contribution < 1.29 is 0 Å². The maximum absolute atomic E-state index is 4.34. The summed E-state index contributed by atoms with van der Waals surface area (Å²) >= 11 is 0. The van der Waals surface area contributed by atoms with Crippen LogP contribution in [0.5, 0.6) is 0 Å². The van der Waals surface area contributed by atoms with Gasteiger partial charge in [-0.2, -0.15) is 0 Å². The number of hydrogen-bond acceptors (Lipinski definition) is 4. The highest BCUT2D eigenvalue weighted by Gasteiger charge is 2.22. The fourth-order valence-electron chi connectivity index (χ4n) is 2.64. The van der Waals surface area contributed by atoms with Crippen molar-refractivity contribution in [1.82, 2.24) is 30.2 Å². The quantitative estimate of drug-likeness (QED) is 0.746. The summed E-state index contributed by atoms with van der Waals surface area (Å²) in [7, 11) is 0. The molecule has 1 saturated heterocycles. The molecular formula is C13H20N6. The van der Waals surface area contributed by atoms with Crippen molar-refractivity contribution in [3.63, 3.8) is 0 Å². The van der Waals surface area contributed by atoms with Crippen LogP contribution in [0.2, 0.25) is 0 Å². The molecule has 0 unspecified atom stereocenters. The number of rotatable bonds is 5. The van der Waals surface area contributed by atoms with Crippen molar-refractivity contribution in [3.05, 3.63) is 36.4 Å². The molecule has 2 aromatic heterocycles. The highest BCUT2D eigenvalue weighted by Crippen LogP contribution is 2.16. The number of aromatic nitrogens is 4. The van der Waals surface area contributed by atoms with Crippen LogP contribution >= 0.6 is 0 Å². The van der Waals surface area contributed by atoms with Gasteiger partial charge in [0.25, 0.3) is 0 Å². The van der Waals surface area contributed by atoms with Crippen molar-refractivity contribution in [1.29, 1.82) is 0 Å². The van der Waals surface area contributed by atoms with Crippen LogP contribution in [0.4, 0.5) is 0 Å². The molecule has 0 radical (unpaired) electrons. The third kappa shape index (κ3) is 3.21. The van der Waals surface area contributed by atoms with Crippen LogP contribution in [0.15, 0.2) is 24.8 Å². The second-order valence-electron chi connectivity index (χ2n) is 4.96. The minimum atomic E-state index is 0.594. The average Bonchev–Trinajstić information content (AvgIpc) is 3.12. The lowest BCUT2D eigenvalue weighted by Crippen LogP contribution is -2.42. The predicted molar refractivity (Wildman–Crippen MR) is 72.3 cm³/mol. The molecule has 6 nitrogen and oxygen atoms in total. The van der Waals surface area contributed by atoms with Gasteiger partial charge in [-0.15, -0.1) is 0 Å². The first-order valence-electron chi connectivity index (χ1n) is 6.83. The summed E-state index contributed by atoms with van der Waals surface area (Å²) in [5.74, 6) is 2.04. The van der Waals surface area contributed by atoms with E-state index in [1.807, 2.05) is 24.8 Å². The van der Waals surface area contributed by atoms with E-state index in [-0.39, 0.29) is 0 Å². The van der Waals surface area contributed by atoms with E-state index >= 15 is 0 Å². The van der Waals surface area contributed by atoms with E-state index in [4.69, 9.17) is 0 Å². The topological polar surface area (TPSA) is 72.6 Å². The average molecular weight is 260 g/mol. The molecule has 0 atom stereocenters. The van der Waals surface area contributed by atoms with Gasteiger partial charge in [-0.3, -0.25) is 4.90 Å². The predicted octanol–water partition coefficient (Wildman–Crippen LogP) is 0.887. The van der Waals surface area contributed by atoms with E-state index in [0.717, 1.165) is 37.8 Å². The molecular weight excluding hydrogens is 240 g/mol. The molecule has 0 saturated carbocycles. The maximum atomic E-state index is 4.34. The van der Waals surface area contributed by atoms with Crippen LogP contribution < -0.4 is 5.32 Å². The van der Waals surface area contributed by atoms with E-state index < -0.39 is 0 Å². The van der Waals surface area contributed by atoms with Crippen molar-refractivity contribution in [2.75, 3.05) is 13.1 Å². The molecule has 0 aliphatic carbocycles. The molecule has 1 aliphatic heterocycles. The van der Waals surface area contributed by atoms with E-state index in [1.54, 1.807) is 0 Å². The van der Waals surface area contributed by atoms with E-state index in [9.17, 15) is 0 Å². The van der Waals surface area contributed by atoms with Crippen molar-refractivity contribution in [2.24, 2.45) is 0 Å². The highest BCUT2D eigenvalue weighted by molar-refractivity contribution is 4.93. The first kappa shape index (κ1) is 12.4. The Kier molecular flexibility index (Phi) is 3.90. The third-order valence-electron chi connectivity index (χ3n) is 3.64. The number of nitrogens with one attached hydrogen (secondary N) is 3. The standard InChI is InChI=1S/C13H20N6/c1-3-14-4-2-11(1)19(9-12-15-5-6-16-12)10-13-17-7-8-18-13/h5-8,11,14H,1-4,9-10H2,(H,15,16)(H,17,18). The van der Waals surface area contributed by atoms with Crippen molar-refractivity contribution in [2.45, 2.75) is 32.0 Å². The Morgan fingerprint density at radius 3 is 2.05 bits per heavy atom. The number of piperidine rings is 1. The summed E-state index contributed by atoms with van der Waals surface area (Å²) in [4.78, 5) is 17.5. The van der Waals surface area contributed by atoms with Gasteiger partial charge in [0, 0.05) is 30.8 Å². The van der Waals surface area contributed by atoms with Crippen molar-refractivity contribution in [3.8, 4) is 0 Å². The van der Waals surface area contributed by atoms with Gasteiger partial charge in [-0.05, 0) is 25.9 Å². The first-order chi connectivity index (χ1) is 9.42. The summed E-state index contributed by atoms with van der Waals surface area (Å²) in [5, 5.41) is 3.41. The van der Waals surface area contributed by atoms with Gasteiger partial charge in [0.1, 0.15) is 11.6 Å². The van der Waals surface area contributed by atoms with E-state index in [2.05, 4.69) is 30.2 Å². The van der Waals surface area contributed by atoms with Gasteiger partial charge in [0.2, 0.25) is 0 Å². The van der Waals surface area contributed by atoms with Crippen LogP contribution in [0.3, 0.4) is 0 Å². The lowest BCUT2D eigenvalue weighted by atomic mass is 10.0. The summed E-state index contributed by atoms with van der Waals surface area (Å²) in [6.07, 6.45) is 9.74.